The van der Waals surface area contributed by atoms with Crippen molar-refractivity contribution in [2.45, 2.75) is 26.4 Å². The zero-order valence-corrected chi connectivity index (χ0v) is 13.3. The van der Waals surface area contributed by atoms with Crippen LogP contribution in [0.15, 0.2) is 24.3 Å². The normalized spacial score (nSPS) is 13.3. The maximum absolute atomic E-state index is 11.8. The highest BCUT2D eigenvalue weighted by atomic mass is 32.2. The summed E-state index contributed by atoms with van der Waals surface area (Å²) in [5, 5.41) is 9.65. The van der Waals surface area contributed by atoms with Crippen molar-refractivity contribution < 1.29 is 18.3 Å². The lowest BCUT2D eigenvalue weighted by Crippen LogP contribution is -2.35. The molecule has 1 aromatic carbocycles. The van der Waals surface area contributed by atoms with Crippen molar-refractivity contribution in [1.29, 1.82) is 0 Å². The molecule has 0 aromatic heterocycles. The smallest absolute Gasteiger partial charge is 0.215 e. The van der Waals surface area contributed by atoms with E-state index in [0.717, 1.165) is 0 Å². The molecule has 1 atom stereocenters. The topological polar surface area (TPSA) is 102 Å². The van der Waals surface area contributed by atoms with E-state index in [1.807, 2.05) is 13.8 Å². The van der Waals surface area contributed by atoms with E-state index >= 15 is 0 Å². The summed E-state index contributed by atoms with van der Waals surface area (Å²) < 4.78 is 31.2. The molecule has 1 unspecified atom stereocenters. The van der Waals surface area contributed by atoms with E-state index in [0.29, 0.717) is 23.8 Å². The first-order valence-electron chi connectivity index (χ1n) is 6.93. The highest BCUT2D eigenvalue weighted by Crippen LogP contribution is 2.19. The number of sulfonamides is 1. The Morgan fingerprint density at radius 3 is 2.62 bits per heavy atom. The summed E-state index contributed by atoms with van der Waals surface area (Å²) in [7, 11) is -3.47. The lowest BCUT2D eigenvalue weighted by molar-refractivity contribution is 0.152. The Hall–Kier alpha value is -1.31. The van der Waals surface area contributed by atoms with Crippen molar-refractivity contribution >= 4 is 15.7 Å². The third-order valence-corrected chi connectivity index (χ3v) is 4.12. The van der Waals surface area contributed by atoms with Gasteiger partial charge in [-0.25, -0.2) is 13.1 Å². The monoisotopic (exact) mass is 316 g/mol. The van der Waals surface area contributed by atoms with Crippen LogP contribution in [0.25, 0.3) is 0 Å². The first-order chi connectivity index (χ1) is 9.80. The molecule has 0 saturated carbocycles. The number of nitrogen functional groups attached to an aromatic ring is 1. The van der Waals surface area contributed by atoms with Crippen LogP contribution in [0.4, 0.5) is 5.69 Å². The maximum Gasteiger partial charge on any atom is 0.215 e. The Kier molecular flexibility index (Phi) is 6.94. The van der Waals surface area contributed by atoms with E-state index in [1.54, 1.807) is 24.3 Å². The van der Waals surface area contributed by atoms with Gasteiger partial charge < -0.3 is 15.6 Å². The summed E-state index contributed by atoms with van der Waals surface area (Å²) in [6.45, 7) is 3.96. The van der Waals surface area contributed by atoms with Crippen LogP contribution in [0.2, 0.25) is 0 Å². The van der Waals surface area contributed by atoms with Crippen molar-refractivity contribution in [3.05, 3.63) is 24.3 Å². The fourth-order valence-electron chi connectivity index (χ4n) is 1.80. The van der Waals surface area contributed by atoms with Crippen molar-refractivity contribution in [2.75, 3.05) is 24.6 Å². The fourth-order valence-corrected chi connectivity index (χ4v) is 2.69. The van der Waals surface area contributed by atoms with E-state index in [9.17, 15) is 13.5 Å². The van der Waals surface area contributed by atoms with Crippen LogP contribution in [0.1, 0.15) is 20.3 Å². The van der Waals surface area contributed by atoms with Crippen LogP contribution in [-0.2, 0) is 10.0 Å². The molecule has 0 fully saturated rings. The third-order valence-electron chi connectivity index (χ3n) is 2.81. The lowest BCUT2D eigenvalue weighted by atomic mass is 10.1. The summed E-state index contributed by atoms with van der Waals surface area (Å²) in [6, 6.07) is 6.91. The highest BCUT2D eigenvalue weighted by molar-refractivity contribution is 7.89. The van der Waals surface area contributed by atoms with E-state index in [1.165, 1.54) is 0 Å². The van der Waals surface area contributed by atoms with E-state index in [-0.39, 0.29) is 18.9 Å². The van der Waals surface area contributed by atoms with Gasteiger partial charge in [-0.2, -0.15) is 0 Å². The lowest BCUT2D eigenvalue weighted by Gasteiger charge is -2.14. The van der Waals surface area contributed by atoms with Gasteiger partial charge in [-0.3, -0.25) is 0 Å². The van der Waals surface area contributed by atoms with Crippen LogP contribution in [0.5, 0.6) is 5.75 Å². The van der Waals surface area contributed by atoms with E-state index in [2.05, 4.69) is 4.72 Å². The van der Waals surface area contributed by atoms with Gasteiger partial charge in [0, 0.05) is 6.54 Å². The van der Waals surface area contributed by atoms with Crippen LogP contribution >= 0.6 is 0 Å². The van der Waals surface area contributed by atoms with Crippen molar-refractivity contribution in [2.24, 2.45) is 5.92 Å². The number of aliphatic hydroxyl groups is 1. The van der Waals surface area contributed by atoms with Gasteiger partial charge in [-0.15, -0.1) is 0 Å². The molecule has 0 amide bonds. The molecule has 0 bridgehead atoms. The Labute approximate surface area is 126 Å². The fraction of sp³-hybridized carbons (Fsp3) is 0.571. The number of hydrogen-bond donors (Lipinski definition) is 3. The molecule has 0 aliphatic rings. The number of ether oxygens (including phenoxy) is 1. The number of hydrogen-bond acceptors (Lipinski definition) is 5. The SMILES string of the molecule is CC(C)CC(O)CNS(=O)(=O)CCOc1ccccc1N. The first kappa shape index (κ1) is 17.7. The zero-order valence-electron chi connectivity index (χ0n) is 12.5. The zero-order chi connectivity index (χ0) is 15.9. The molecular formula is C14H24N2O4S. The molecule has 4 N–H and O–H groups in total. The van der Waals surface area contributed by atoms with Gasteiger partial charge in [-0.1, -0.05) is 26.0 Å². The molecule has 0 aliphatic heterocycles. The molecule has 0 heterocycles. The molecule has 0 spiro atoms. The maximum atomic E-state index is 11.8. The number of benzene rings is 1. The molecule has 1 rings (SSSR count). The van der Waals surface area contributed by atoms with Crippen molar-refractivity contribution in [3.8, 4) is 5.75 Å². The number of anilines is 1. The van der Waals surface area contributed by atoms with Gasteiger partial charge in [0.1, 0.15) is 12.4 Å². The van der Waals surface area contributed by atoms with Crippen molar-refractivity contribution in [1.82, 2.24) is 4.72 Å². The van der Waals surface area contributed by atoms with Gasteiger partial charge in [-0.05, 0) is 24.5 Å². The molecule has 21 heavy (non-hydrogen) atoms. The number of para-hydroxylation sites is 2. The van der Waals surface area contributed by atoms with Gasteiger partial charge in [0.05, 0.1) is 17.5 Å². The molecule has 0 aliphatic carbocycles. The highest BCUT2D eigenvalue weighted by Gasteiger charge is 2.14. The molecule has 7 heteroatoms. The first-order valence-corrected chi connectivity index (χ1v) is 8.58. The van der Waals surface area contributed by atoms with E-state index < -0.39 is 16.1 Å². The number of nitrogens with two attached hydrogens (primary N) is 1. The average Bonchev–Trinajstić information content (AvgIpc) is 2.38. The average molecular weight is 316 g/mol. The molecular weight excluding hydrogens is 292 g/mol. The summed E-state index contributed by atoms with van der Waals surface area (Å²) in [5.74, 6) is 0.594. The van der Waals surface area contributed by atoms with Crippen LogP contribution in [0.3, 0.4) is 0 Å². The van der Waals surface area contributed by atoms with E-state index in [4.69, 9.17) is 10.5 Å². The Morgan fingerprint density at radius 1 is 1.33 bits per heavy atom. The summed E-state index contributed by atoms with van der Waals surface area (Å²) >= 11 is 0. The minimum atomic E-state index is -3.47. The second-order valence-electron chi connectivity index (χ2n) is 5.34. The summed E-state index contributed by atoms with van der Waals surface area (Å²) in [6.07, 6.45) is -0.120. The quantitative estimate of drug-likeness (QED) is 0.589. The standard InChI is InChI=1S/C14H24N2O4S/c1-11(2)9-12(17)10-16-21(18,19)8-7-20-14-6-4-3-5-13(14)15/h3-6,11-12,16-17H,7-10,15H2,1-2H3. The van der Waals surface area contributed by atoms with Crippen LogP contribution in [0, 0.1) is 5.92 Å². The molecule has 1 aromatic rings. The van der Waals surface area contributed by atoms with Gasteiger partial charge in [0.2, 0.25) is 10.0 Å². The Balaban J connectivity index is 2.35. The van der Waals surface area contributed by atoms with Gasteiger partial charge in [0.15, 0.2) is 0 Å². The summed E-state index contributed by atoms with van der Waals surface area (Å²) in [4.78, 5) is 0. The predicted octanol–water partition coefficient (Wildman–Crippen LogP) is 0.974. The molecule has 0 saturated heterocycles. The minimum Gasteiger partial charge on any atom is -0.490 e. The predicted molar refractivity (Wildman–Crippen MR) is 83.6 cm³/mol. The molecule has 6 nitrogen and oxygen atoms in total. The van der Waals surface area contributed by atoms with Gasteiger partial charge >= 0.3 is 0 Å². The number of aliphatic hydroxyl groups excluding tert-OH is 1. The molecule has 0 radical (unpaired) electrons. The molecule has 120 valence electrons. The largest absolute Gasteiger partial charge is 0.490 e. The van der Waals surface area contributed by atoms with Crippen LogP contribution in [-0.4, -0.2) is 38.5 Å². The van der Waals surface area contributed by atoms with Crippen LogP contribution < -0.4 is 15.2 Å². The van der Waals surface area contributed by atoms with Crippen molar-refractivity contribution in [3.63, 3.8) is 0 Å². The summed E-state index contributed by atoms with van der Waals surface area (Å²) in [5.41, 5.74) is 6.16. The second-order valence-corrected chi connectivity index (χ2v) is 7.26. The third kappa shape index (κ3) is 7.31. The Bertz CT molecular complexity index is 532. The Morgan fingerprint density at radius 2 is 2.00 bits per heavy atom. The number of nitrogens with one attached hydrogen (secondary N) is 1. The second kappa shape index (κ2) is 8.21. The number of rotatable bonds is 9. The minimum absolute atomic E-state index is 0.00379. The van der Waals surface area contributed by atoms with Gasteiger partial charge in [0.25, 0.3) is 0 Å².